The molecule has 0 aliphatic rings. The first-order chi connectivity index (χ1) is 7.39. The molecular weight excluding hydrogens is 289 g/mol. The van der Waals surface area contributed by atoms with Crippen LogP contribution < -0.4 is 5.56 Å². The maximum atomic E-state index is 12.6. The molecule has 0 unspecified atom stereocenters. The zero-order valence-corrected chi connectivity index (χ0v) is 9.19. The molecule has 1 aromatic heterocycles. The summed E-state index contributed by atoms with van der Waals surface area (Å²) in [7, 11) is 0. The second-order valence-electron chi connectivity index (χ2n) is 3.09. The van der Waals surface area contributed by atoms with E-state index in [9.17, 15) is 18.0 Å². The highest BCUT2D eigenvalue weighted by Crippen LogP contribution is 2.32. The molecule has 0 bridgehead atoms. The van der Waals surface area contributed by atoms with Crippen molar-refractivity contribution in [2.24, 2.45) is 0 Å². The van der Waals surface area contributed by atoms with E-state index < -0.39 is 17.4 Å². The van der Waals surface area contributed by atoms with E-state index >= 15 is 0 Å². The number of aromatic nitrogens is 2. The van der Waals surface area contributed by atoms with E-state index in [2.05, 4.69) is 21.0 Å². The van der Waals surface area contributed by atoms with Crippen LogP contribution in [0.5, 0.6) is 0 Å². The molecule has 0 atom stereocenters. The van der Waals surface area contributed by atoms with Crippen LogP contribution >= 0.6 is 15.9 Å². The fraction of sp³-hybridized carbons (Fsp3) is 0.111. The molecule has 0 fully saturated rings. The van der Waals surface area contributed by atoms with Crippen LogP contribution in [-0.2, 0) is 6.18 Å². The lowest BCUT2D eigenvalue weighted by Gasteiger charge is -2.07. The SMILES string of the molecule is O=c1[nH]nc(C(F)(F)F)c2ccc(Br)cc12. The largest absolute Gasteiger partial charge is 0.435 e. The van der Waals surface area contributed by atoms with Crippen LogP contribution in [0, 0.1) is 0 Å². The molecule has 2 rings (SSSR count). The summed E-state index contributed by atoms with van der Waals surface area (Å²) in [6, 6.07) is 3.97. The first kappa shape index (κ1) is 11.1. The van der Waals surface area contributed by atoms with Crippen molar-refractivity contribution in [1.82, 2.24) is 10.2 Å². The second kappa shape index (κ2) is 3.58. The molecule has 1 N–H and O–H groups in total. The van der Waals surface area contributed by atoms with Crippen LogP contribution in [0.1, 0.15) is 5.69 Å². The number of halogens is 4. The second-order valence-corrected chi connectivity index (χ2v) is 4.00. The highest BCUT2D eigenvalue weighted by molar-refractivity contribution is 9.10. The van der Waals surface area contributed by atoms with Gasteiger partial charge in [-0.3, -0.25) is 4.79 Å². The third kappa shape index (κ3) is 1.82. The quantitative estimate of drug-likeness (QED) is 0.811. The van der Waals surface area contributed by atoms with Gasteiger partial charge in [-0.05, 0) is 12.1 Å². The van der Waals surface area contributed by atoms with Crippen LogP contribution in [0.4, 0.5) is 13.2 Å². The van der Waals surface area contributed by atoms with Gasteiger partial charge in [0.15, 0.2) is 5.69 Å². The van der Waals surface area contributed by atoms with E-state index in [1.807, 2.05) is 5.10 Å². The lowest BCUT2D eigenvalue weighted by Crippen LogP contribution is -2.17. The Morgan fingerprint density at radius 1 is 1.25 bits per heavy atom. The molecule has 0 radical (unpaired) electrons. The minimum atomic E-state index is -4.59. The van der Waals surface area contributed by atoms with Gasteiger partial charge in [-0.25, -0.2) is 5.10 Å². The predicted octanol–water partition coefficient (Wildman–Crippen LogP) is 2.70. The standard InChI is InChI=1S/C9H4BrF3N2O/c10-4-1-2-5-6(3-4)8(16)15-14-7(5)9(11,12)13/h1-3H,(H,15,16). The highest BCUT2D eigenvalue weighted by atomic mass is 79.9. The van der Waals surface area contributed by atoms with Crippen molar-refractivity contribution < 1.29 is 13.2 Å². The average Bonchev–Trinajstić information content (AvgIpc) is 2.17. The molecule has 0 spiro atoms. The van der Waals surface area contributed by atoms with Gasteiger partial charge < -0.3 is 0 Å². The number of benzene rings is 1. The van der Waals surface area contributed by atoms with E-state index in [1.165, 1.54) is 18.2 Å². The smallest absolute Gasteiger partial charge is 0.267 e. The summed E-state index contributed by atoms with van der Waals surface area (Å²) < 4.78 is 38.2. The van der Waals surface area contributed by atoms with Crippen molar-refractivity contribution in [3.8, 4) is 0 Å². The molecule has 16 heavy (non-hydrogen) atoms. The Hall–Kier alpha value is -1.37. The number of hydrogen-bond donors (Lipinski definition) is 1. The molecule has 3 nitrogen and oxygen atoms in total. The summed E-state index contributed by atoms with van der Waals surface area (Å²) in [6.45, 7) is 0. The van der Waals surface area contributed by atoms with E-state index in [1.54, 1.807) is 0 Å². The van der Waals surface area contributed by atoms with Crippen molar-refractivity contribution in [1.29, 1.82) is 0 Å². The summed E-state index contributed by atoms with van der Waals surface area (Å²) in [5.41, 5.74) is -1.74. The van der Waals surface area contributed by atoms with Crippen LogP contribution in [0.3, 0.4) is 0 Å². The number of fused-ring (bicyclic) bond motifs is 1. The predicted molar refractivity (Wildman–Crippen MR) is 55.1 cm³/mol. The number of H-pyrrole nitrogens is 1. The summed E-state index contributed by atoms with van der Waals surface area (Å²) >= 11 is 3.09. The lowest BCUT2D eigenvalue weighted by atomic mass is 10.1. The third-order valence-electron chi connectivity index (χ3n) is 2.02. The first-order valence-electron chi connectivity index (χ1n) is 4.15. The number of rotatable bonds is 0. The van der Waals surface area contributed by atoms with Gasteiger partial charge in [0.05, 0.1) is 5.39 Å². The molecule has 1 heterocycles. The molecule has 0 saturated heterocycles. The van der Waals surface area contributed by atoms with Gasteiger partial charge >= 0.3 is 6.18 Å². The monoisotopic (exact) mass is 292 g/mol. The van der Waals surface area contributed by atoms with Crippen LogP contribution in [0.2, 0.25) is 0 Å². The Kier molecular flexibility index (Phi) is 2.49. The van der Waals surface area contributed by atoms with Gasteiger partial charge in [-0.2, -0.15) is 18.3 Å². The minimum Gasteiger partial charge on any atom is -0.267 e. The van der Waals surface area contributed by atoms with Crippen LogP contribution in [0.25, 0.3) is 10.8 Å². The zero-order chi connectivity index (χ0) is 11.9. The Morgan fingerprint density at radius 3 is 2.56 bits per heavy atom. The van der Waals surface area contributed by atoms with Crippen molar-refractivity contribution in [3.05, 3.63) is 38.7 Å². The van der Waals surface area contributed by atoms with Gasteiger partial charge in [0.1, 0.15) is 0 Å². The van der Waals surface area contributed by atoms with Crippen molar-refractivity contribution in [3.63, 3.8) is 0 Å². The maximum absolute atomic E-state index is 12.6. The Bertz CT molecular complexity index is 606. The average molecular weight is 293 g/mol. The van der Waals surface area contributed by atoms with Crippen molar-refractivity contribution in [2.45, 2.75) is 6.18 Å². The van der Waals surface area contributed by atoms with Gasteiger partial charge in [-0.1, -0.05) is 22.0 Å². The number of hydrogen-bond acceptors (Lipinski definition) is 2. The van der Waals surface area contributed by atoms with E-state index in [0.717, 1.165) is 0 Å². The fourth-order valence-electron chi connectivity index (χ4n) is 1.35. The number of nitrogens with zero attached hydrogens (tertiary/aromatic N) is 1. The summed E-state index contributed by atoms with van der Waals surface area (Å²) in [5, 5.41) is 4.61. The lowest BCUT2D eigenvalue weighted by molar-refractivity contribution is -0.140. The number of nitrogens with one attached hydrogen (secondary N) is 1. The molecule has 0 aliphatic carbocycles. The number of alkyl halides is 3. The van der Waals surface area contributed by atoms with E-state index in [0.29, 0.717) is 4.47 Å². The first-order valence-corrected chi connectivity index (χ1v) is 4.94. The normalized spacial score (nSPS) is 12.0. The fourth-order valence-corrected chi connectivity index (χ4v) is 1.72. The van der Waals surface area contributed by atoms with Crippen LogP contribution in [0.15, 0.2) is 27.5 Å². The molecular formula is C9H4BrF3N2O. The summed E-state index contributed by atoms with van der Waals surface area (Å²) in [4.78, 5) is 11.3. The minimum absolute atomic E-state index is 0.0447. The van der Waals surface area contributed by atoms with Gasteiger partial charge in [0.25, 0.3) is 5.56 Å². The molecule has 1 aromatic carbocycles. The van der Waals surface area contributed by atoms with E-state index in [-0.39, 0.29) is 10.8 Å². The van der Waals surface area contributed by atoms with Gasteiger partial charge in [0.2, 0.25) is 0 Å². The zero-order valence-electron chi connectivity index (χ0n) is 7.60. The molecule has 0 aliphatic heterocycles. The molecule has 7 heteroatoms. The Balaban J connectivity index is 2.90. The molecule has 0 amide bonds. The van der Waals surface area contributed by atoms with Crippen molar-refractivity contribution in [2.75, 3.05) is 0 Å². The Labute approximate surface area is 95.4 Å². The van der Waals surface area contributed by atoms with E-state index in [4.69, 9.17) is 0 Å². The molecule has 84 valence electrons. The maximum Gasteiger partial charge on any atom is 0.435 e. The number of aromatic amines is 1. The summed E-state index contributed by atoms with van der Waals surface area (Å²) in [5.74, 6) is 0. The summed E-state index contributed by atoms with van der Waals surface area (Å²) in [6.07, 6.45) is -4.59. The van der Waals surface area contributed by atoms with Gasteiger partial charge in [-0.15, -0.1) is 0 Å². The van der Waals surface area contributed by atoms with Crippen molar-refractivity contribution >= 4 is 26.7 Å². The highest BCUT2D eigenvalue weighted by Gasteiger charge is 2.35. The van der Waals surface area contributed by atoms with Gasteiger partial charge in [0, 0.05) is 9.86 Å². The van der Waals surface area contributed by atoms with Crippen LogP contribution in [-0.4, -0.2) is 10.2 Å². The Morgan fingerprint density at radius 2 is 1.94 bits per heavy atom. The molecule has 2 aromatic rings. The topological polar surface area (TPSA) is 45.8 Å². The molecule has 0 saturated carbocycles. The third-order valence-corrected chi connectivity index (χ3v) is 2.51.